The van der Waals surface area contributed by atoms with Crippen molar-refractivity contribution < 1.29 is 18.9 Å². The molecule has 4 radical (unpaired) electrons. The van der Waals surface area contributed by atoms with E-state index in [0.717, 1.165) is 83.2 Å². The Morgan fingerprint density at radius 2 is 0.880 bits per heavy atom. The van der Waals surface area contributed by atoms with Crippen LogP contribution in [0.5, 0.6) is 0 Å². The largest absolute Gasteiger partial charge is 0.353 e. The molecule has 0 atom stereocenters. The molecule has 0 aromatic rings. The fraction of sp³-hybridized carbons (Fsp3) is 1.00. The van der Waals surface area contributed by atoms with Crippen molar-refractivity contribution in [2.75, 3.05) is 26.4 Å². The SMILES string of the molecule is CCCOC(C[Si]CCC[Si]CC(OCCC)OCCC)OCCC. The zero-order valence-corrected chi connectivity index (χ0v) is 19.0. The molecule has 4 nitrogen and oxygen atoms in total. The molecule has 0 amide bonds. The number of hydrogen-bond acceptors (Lipinski definition) is 4. The molecule has 25 heavy (non-hydrogen) atoms. The van der Waals surface area contributed by atoms with E-state index in [0.29, 0.717) is 0 Å². The Kier molecular flexibility index (Phi) is 20.8. The second-order valence-electron chi connectivity index (χ2n) is 6.10. The summed E-state index contributed by atoms with van der Waals surface area (Å²) >= 11 is 0. The predicted octanol–water partition coefficient (Wildman–Crippen LogP) is 4.82. The minimum atomic E-state index is 0.00921. The molecule has 0 aliphatic rings. The lowest BCUT2D eigenvalue weighted by atomic mass is 10.5. The minimum Gasteiger partial charge on any atom is -0.353 e. The Morgan fingerprint density at radius 3 is 1.16 bits per heavy atom. The van der Waals surface area contributed by atoms with Crippen molar-refractivity contribution in [3.63, 3.8) is 0 Å². The van der Waals surface area contributed by atoms with E-state index in [4.69, 9.17) is 18.9 Å². The van der Waals surface area contributed by atoms with Crippen LogP contribution in [0.4, 0.5) is 0 Å². The lowest BCUT2D eigenvalue weighted by molar-refractivity contribution is -0.130. The third-order valence-corrected chi connectivity index (χ3v) is 6.02. The molecule has 0 aliphatic carbocycles. The Balaban J connectivity index is 3.69. The molecule has 0 rings (SSSR count). The lowest BCUT2D eigenvalue weighted by Crippen LogP contribution is -2.20. The van der Waals surface area contributed by atoms with Crippen LogP contribution in [0.3, 0.4) is 0 Å². The van der Waals surface area contributed by atoms with Crippen LogP contribution in [0.25, 0.3) is 0 Å². The van der Waals surface area contributed by atoms with E-state index in [-0.39, 0.29) is 12.6 Å². The summed E-state index contributed by atoms with van der Waals surface area (Å²) in [7, 11) is 1.87. The summed E-state index contributed by atoms with van der Waals surface area (Å²) in [6, 6.07) is 4.66. The van der Waals surface area contributed by atoms with Crippen molar-refractivity contribution in [3.8, 4) is 0 Å². The van der Waals surface area contributed by atoms with Crippen molar-refractivity contribution in [2.24, 2.45) is 0 Å². The van der Waals surface area contributed by atoms with Crippen molar-refractivity contribution in [2.45, 2.75) is 96.6 Å². The first-order chi connectivity index (χ1) is 12.3. The van der Waals surface area contributed by atoms with Gasteiger partial charge in [0.05, 0.1) is 0 Å². The molecule has 0 aromatic heterocycles. The van der Waals surface area contributed by atoms with Crippen LogP contribution >= 0.6 is 0 Å². The highest BCUT2D eigenvalue weighted by Gasteiger charge is 2.10. The van der Waals surface area contributed by atoms with Gasteiger partial charge in [-0.1, -0.05) is 46.2 Å². The van der Waals surface area contributed by atoms with Crippen molar-refractivity contribution >= 4 is 19.0 Å². The summed E-state index contributed by atoms with van der Waals surface area (Å²) in [5.74, 6) is 0. The molecule has 0 bridgehead atoms. The highest BCUT2D eigenvalue weighted by molar-refractivity contribution is 6.37. The average Bonchev–Trinajstić information content (AvgIpc) is 2.63. The first-order valence-electron chi connectivity index (χ1n) is 10.2. The van der Waals surface area contributed by atoms with E-state index < -0.39 is 0 Å². The topological polar surface area (TPSA) is 36.9 Å². The molecule has 0 saturated heterocycles. The molecule has 0 aliphatic heterocycles. The average molecular weight is 389 g/mol. The highest BCUT2D eigenvalue weighted by atomic mass is 28.2. The Morgan fingerprint density at radius 1 is 0.560 bits per heavy atom. The van der Waals surface area contributed by atoms with Gasteiger partial charge in [0.1, 0.15) is 0 Å². The van der Waals surface area contributed by atoms with Gasteiger partial charge in [-0.05, 0) is 37.8 Å². The number of rotatable bonds is 20. The molecule has 0 unspecified atom stereocenters. The third kappa shape index (κ3) is 17.4. The van der Waals surface area contributed by atoms with Gasteiger partial charge in [0.15, 0.2) is 12.6 Å². The molecule has 0 saturated carbocycles. The van der Waals surface area contributed by atoms with Gasteiger partial charge >= 0.3 is 0 Å². The third-order valence-electron chi connectivity index (χ3n) is 3.36. The molecule has 0 spiro atoms. The van der Waals surface area contributed by atoms with Gasteiger partial charge < -0.3 is 18.9 Å². The van der Waals surface area contributed by atoms with Crippen LogP contribution in [0.2, 0.25) is 24.2 Å². The van der Waals surface area contributed by atoms with Crippen LogP contribution in [0, 0.1) is 0 Å². The fourth-order valence-electron chi connectivity index (χ4n) is 2.11. The molecule has 0 aromatic carbocycles. The maximum absolute atomic E-state index is 5.78. The van der Waals surface area contributed by atoms with Crippen molar-refractivity contribution in [1.82, 2.24) is 0 Å². The molecule has 0 N–H and O–H groups in total. The molecular formula is C19H40O4Si2. The smallest absolute Gasteiger partial charge is 0.154 e. The van der Waals surface area contributed by atoms with Gasteiger partial charge in [-0.3, -0.25) is 0 Å². The van der Waals surface area contributed by atoms with Crippen LogP contribution in [-0.4, -0.2) is 58.0 Å². The zero-order chi connectivity index (χ0) is 18.6. The molecule has 6 heteroatoms. The van der Waals surface area contributed by atoms with Crippen molar-refractivity contribution in [1.29, 1.82) is 0 Å². The maximum Gasteiger partial charge on any atom is 0.154 e. The van der Waals surface area contributed by atoms with Gasteiger partial charge in [0.25, 0.3) is 0 Å². The van der Waals surface area contributed by atoms with E-state index in [1.807, 2.05) is 0 Å². The van der Waals surface area contributed by atoms with Gasteiger partial charge in [-0.25, -0.2) is 0 Å². The van der Waals surface area contributed by atoms with Crippen molar-refractivity contribution in [3.05, 3.63) is 0 Å². The van der Waals surface area contributed by atoms with Gasteiger partial charge in [0.2, 0.25) is 0 Å². The Bertz CT molecular complexity index is 218. The van der Waals surface area contributed by atoms with Crippen LogP contribution < -0.4 is 0 Å². The monoisotopic (exact) mass is 388 g/mol. The quantitative estimate of drug-likeness (QED) is 0.170. The Labute approximate surface area is 161 Å². The summed E-state index contributed by atoms with van der Waals surface area (Å²) in [5, 5.41) is 0. The highest BCUT2D eigenvalue weighted by Crippen LogP contribution is 2.09. The van der Waals surface area contributed by atoms with E-state index in [1.54, 1.807) is 0 Å². The predicted molar refractivity (Wildman–Crippen MR) is 108 cm³/mol. The maximum atomic E-state index is 5.78. The standard InChI is InChI=1S/C19H40O4Si2/c1-5-10-20-18(21-11-6-2)16-24-14-9-15-25-17-19(22-12-7-3)23-13-8-4/h18-19H,5-17H2,1-4H3. The Hall–Kier alpha value is 0.274. The molecule has 148 valence electrons. The molecule has 0 heterocycles. The lowest BCUT2D eigenvalue weighted by Gasteiger charge is -2.18. The molecule has 0 fully saturated rings. The van der Waals surface area contributed by atoms with E-state index in [9.17, 15) is 0 Å². The number of hydrogen-bond donors (Lipinski definition) is 0. The summed E-state index contributed by atoms with van der Waals surface area (Å²) in [4.78, 5) is 0. The van der Waals surface area contributed by atoms with Crippen LogP contribution in [-0.2, 0) is 18.9 Å². The minimum absolute atomic E-state index is 0.00921. The van der Waals surface area contributed by atoms with E-state index in [2.05, 4.69) is 27.7 Å². The summed E-state index contributed by atoms with van der Waals surface area (Å²) in [6.07, 6.45) is 5.52. The fourth-order valence-corrected chi connectivity index (χ4v) is 4.67. The summed E-state index contributed by atoms with van der Waals surface area (Å²) in [5.41, 5.74) is 0. The first-order valence-corrected chi connectivity index (χ1v) is 13.0. The van der Waals surface area contributed by atoms with Crippen LogP contribution in [0.1, 0.15) is 59.8 Å². The van der Waals surface area contributed by atoms with E-state index in [1.165, 1.54) is 18.5 Å². The number of ether oxygens (including phenoxy) is 4. The second kappa shape index (κ2) is 20.6. The molecular weight excluding hydrogens is 348 g/mol. The first kappa shape index (κ1) is 25.3. The summed E-state index contributed by atoms with van der Waals surface area (Å²) in [6.45, 7) is 11.8. The van der Waals surface area contributed by atoms with Gasteiger partial charge in [-0.2, -0.15) is 0 Å². The summed E-state index contributed by atoms with van der Waals surface area (Å²) < 4.78 is 23.1. The second-order valence-corrected chi connectivity index (χ2v) is 8.92. The zero-order valence-electron chi connectivity index (χ0n) is 17.0. The van der Waals surface area contributed by atoms with Gasteiger partial charge in [-0.15, -0.1) is 0 Å². The van der Waals surface area contributed by atoms with Crippen LogP contribution in [0.15, 0.2) is 0 Å². The normalized spacial score (nSPS) is 11.8. The van der Waals surface area contributed by atoms with Gasteiger partial charge in [0, 0.05) is 45.5 Å². The van der Waals surface area contributed by atoms with E-state index >= 15 is 0 Å².